The highest BCUT2D eigenvalue weighted by Gasteiger charge is 2.11. The zero-order valence-electron chi connectivity index (χ0n) is 11.3. The number of methoxy groups -OCH3 is 1. The first kappa shape index (κ1) is 14.4. The van der Waals surface area contributed by atoms with Crippen molar-refractivity contribution in [3.05, 3.63) is 23.8 Å². The third kappa shape index (κ3) is 4.31. The van der Waals surface area contributed by atoms with Crippen LogP contribution in [0.1, 0.15) is 25.8 Å². The molecule has 0 aliphatic rings. The summed E-state index contributed by atoms with van der Waals surface area (Å²) in [5.41, 5.74) is 6.92. The van der Waals surface area contributed by atoms with Crippen molar-refractivity contribution >= 4 is 0 Å². The van der Waals surface area contributed by atoms with Crippen molar-refractivity contribution in [2.24, 2.45) is 5.73 Å². The molecule has 0 fully saturated rings. The molecule has 2 N–H and O–H groups in total. The molecule has 0 aliphatic heterocycles. The average molecular weight is 247 g/mol. The van der Waals surface area contributed by atoms with Gasteiger partial charge in [0.05, 0.1) is 13.7 Å². The van der Waals surface area contributed by atoms with E-state index in [1.54, 1.807) is 7.11 Å². The monoisotopic (exact) mass is 247 g/mol. The van der Waals surface area contributed by atoms with Crippen molar-refractivity contribution in [2.45, 2.75) is 32.7 Å². The lowest BCUT2D eigenvalue weighted by Gasteiger charge is -2.15. The Labute approximate surface area is 109 Å². The number of rotatable bonds is 6. The van der Waals surface area contributed by atoms with Crippen LogP contribution in [0.15, 0.2) is 18.2 Å². The van der Waals surface area contributed by atoms with Gasteiger partial charge < -0.3 is 15.2 Å². The summed E-state index contributed by atoms with van der Waals surface area (Å²) in [4.78, 5) is 0. The fourth-order valence-corrected chi connectivity index (χ4v) is 1.72. The van der Waals surface area contributed by atoms with Crippen LogP contribution in [0.5, 0.6) is 11.5 Å². The number of hydrogen-bond donors (Lipinski definition) is 1. The van der Waals surface area contributed by atoms with Crippen molar-refractivity contribution in [2.75, 3.05) is 13.7 Å². The Morgan fingerprint density at radius 3 is 2.78 bits per heavy atom. The Kier molecular flexibility index (Phi) is 6.10. The molecule has 0 heterocycles. The van der Waals surface area contributed by atoms with Crippen LogP contribution in [-0.2, 0) is 6.42 Å². The van der Waals surface area contributed by atoms with E-state index in [0.717, 1.165) is 23.5 Å². The molecule has 1 rings (SSSR count). The van der Waals surface area contributed by atoms with E-state index >= 15 is 0 Å². The highest BCUT2D eigenvalue weighted by Crippen LogP contribution is 2.31. The van der Waals surface area contributed by atoms with Crippen LogP contribution in [0.3, 0.4) is 0 Å². The molecule has 0 aliphatic carbocycles. The van der Waals surface area contributed by atoms with E-state index in [-0.39, 0.29) is 6.04 Å². The molecular formula is C15H21NO2. The van der Waals surface area contributed by atoms with Gasteiger partial charge in [-0.05, 0) is 31.9 Å². The van der Waals surface area contributed by atoms with E-state index in [9.17, 15) is 0 Å². The normalized spacial score (nSPS) is 11.3. The maximum absolute atomic E-state index is 5.84. The topological polar surface area (TPSA) is 44.5 Å². The maximum atomic E-state index is 5.84. The smallest absolute Gasteiger partial charge is 0.164 e. The van der Waals surface area contributed by atoms with Crippen LogP contribution in [0.4, 0.5) is 0 Å². The van der Waals surface area contributed by atoms with E-state index in [4.69, 9.17) is 15.2 Å². The molecule has 0 amide bonds. The average Bonchev–Trinajstić information content (AvgIpc) is 2.35. The minimum atomic E-state index is 0.0925. The van der Waals surface area contributed by atoms with Gasteiger partial charge in [0, 0.05) is 12.5 Å². The van der Waals surface area contributed by atoms with Gasteiger partial charge in [0.2, 0.25) is 0 Å². The first-order valence-electron chi connectivity index (χ1n) is 6.13. The lowest BCUT2D eigenvalue weighted by atomic mass is 10.1. The van der Waals surface area contributed by atoms with E-state index in [0.29, 0.717) is 13.0 Å². The van der Waals surface area contributed by atoms with Crippen molar-refractivity contribution in [1.29, 1.82) is 0 Å². The Balaban J connectivity index is 2.84. The third-order valence-corrected chi connectivity index (χ3v) is 2.47. The van der Waals surface area contributed by atoms with E-state index in [2.05, 4.69) is 11.8 Å². The Morgan fingerprint density at radius 1 is 1.39 bits per heavy atom. The van der Waals surface area contributed by atoms with Crippen LogP contribution in [0.2, 0.25) is 0 Å². The molecular weight excluding hydrogens is 226 g/mol. The second-order valence-electron chi connectivity index (χ2n) is 4.16. The summed E-state index contributed by atoms with van der Waals surface area (Å²) in [6.45, 7) is 4.36. The Hall–Kier alpha value is -1.66. The van der Waals surface area contributed by atoms with Gasteiger partial charge in [0.25, 0.3) is 0 Å². The second kappa shape index (κ2) is 7.62. The largest absolute Gasteiger partial charge is 0.493 e. The molecule has 1 atom stereocenters. The zero-order chi connectivity index (χ0) is 13.4. The van der Waals surface area contributed by atoms with Gasteiger partial charge >= 0.3 is 0 Å². The molecule has 98 valence electrons. The van der Waals surface area contributed by atoms with E-state index in [1.165, 1.54) is 0 Å². The van der Waals surface area contributed by atoms with Gasteiger partial charge in [0.15, 0.2) is 11.5 Å². The highest BCUT2D eigenvalue weighted by molar-refractivity contribution is 5.47. The first-order chi connectivity index (χ1) is 8.69. The Bertz CT molecular complexity index is 430. The molecule has 3 nitrogen and oxygen atoms in total. The molecule has 0 spiro atoms. The summed E-state index contributed by atoms with van der Waals surface area (Å²) in [5, 5.41) is 0. The molecule has 0 saturated heterocycles. The van der Waals surface area contributed by atoms with E-state index < -0.39 is 0 Å². The van der Waals surface area contributed by atoms with Gasteiger partial charge in [-0.2, -0.15) is 0 Å². The van der Waals surface area contributed by atoms with Gasteiger partial charge in [-0.25, -0.2) is 0 Å². The first-order valence-corrected chi connectivity index (χ1v) is 6.13. The lowest BCUT2D eigenvalue weighted by Crippen LogP contribution is -2.18. The molecule has 1 aromatic carbocycles. The van der Waals surface area contributed by atoms with Crippen molar-refractivity contribution < 1.29 is 9.47 Å². The van der Waals surface area contributed by atoms with Gasteiger partial charge in [-0.1, -0.05) is 12.1 Å². The summed E-state index contributed by atoms with van der Waals surface area (Å²) in [6.07, 6.45) is 1.48. The quantitative estimate of drug-likeness (QED) is 0.620. The molecule has 3 heteroatoms. The van der Waals surface area contributed by atoms with E-state index in [1.807, 2.05) is 32.0 Å². The molecule has 0 radical (unpaired) electrons. The fourth-order valence-electron chi connectivity index (χ4n) is 1.72. The lowest BCUT2D eigenvalue weighted by molar-refractivity contribution is 0.298. The SMILES string of the molecule is CC#CCCOc1c(CC(C)N)cccc1OC. The minimum absolute atomic E-state index is 0.0925. The summed E-state index contributed by atoms with van der Waals surface area (Å²) >= 11 is 0. The van der Waals surface area contributed by atoms with Gasteiger partial charge in [-0.15, -0.1) is 11.8 Å². The third-order valence-electron chi connectivity index (χ3n) is 2.47. The van der Waals surface area contributed by atoms with Crippen LogP contribution in [0, 0.1) is 11.8 Å². The predicted octanol–water partition coefficient (Wildman–Crippen LogP) is 2.38. The number of nitrogens with two attached hydrogens (primary N) is 1. The zero-order valence-corrected chi connectivity index (χ0v) is 11.3. The Morgan fingerprint density at radius 2 is 2.17 bits per heavy atom. The van der Waals surface area contributed by atoms with Crippen LogP contribution in [-0.4, -0.2) is 19.8 Å². The highest BCUT2D eigenvalue weighted by atomic mass is 16.5. The number of hydrogen-bond acceptors (Lipinski definition) is 3. The fraction of sp³-hybridized carbons (Fsp3) is 0.467. The number of benzene rings is 1. The number of ether oxygens (including phenoxy) is 2. The summed E-state index contributed by atoms with van der Waals surface area (Å²) in [7, 11) is 1.64. The van der Waals surface area contributed by atoms with Crippen LogP contribution < -0.4 is 15.2 Å². The summed E-state index contributed by atoms with van der Waals surface area (Å²) in [5.74, 6) is 7.36. The van der Waals surface area contributed by atoms with Crippen molar-refractivity contribution in [1.82, 2.24) is 0 Å². The molecule has 0 aromatic heterocycles. The van der Waals surface area contributed by atoms with Gasteiger partial charge in [0.1, 0.15) is 0 Å². The maximum Gasteiger partial charge on any atom is 0.164 e. The molecule has 0 bridgehead atoms. The molecule has 18 heavy (non-hydrogen) atoms. The summed E-state index contributed by atoms with van der Waals surface area (Å²) in [6, 6.07) is 5.96. The second-order valence-corrected chi connectivity index (χ2v) is 4.16. The minimum Gasteiger partial charge on any atom is -0.493 e. The standard InChI is InChI=1S/C15H21NO2/c1-4-5-6-10-18-15-13(11-12(2)16)8-7-9-14(15)17-3/h7-9,12H,6,10-11,16H2,1-3H3. The molecule has 1 unspecified atom stereocenters. The number of para-hydroxylation sites is 1. The predicted molar refractivity (Wildman–Crippen MR) is 73.9 cm³/mol. The van der Waals surface area contributed by atoms with Crippen molar-refractivity contribution in [3.8, 4) is 23.3 Å². The molecule has 0 saturated carbocycles. The van der Waals surface area contributed by atoms with Crippen LogP contribution in [0.25, 0.3) is 0 Å². The van der Waals surface area contributed by atoms with Crippen LogP contribution >= 0.6 is 0 Å². The summed E-state index contributed by atoms with van der Waals surface area (Å²) < 4.78 is 11.1. The van der Waals surface area contributed by atoms with Gasteiger partial charge in [-0.3, -0.25) is 0 Å². The van der Waals surface area contributed by atoms with Crippen molar-refractivity contribution in [3.63, 3.8) is 0 Å². The molecule has 1 aromatic rings.